The molecule has 2 nitrogen and oxygen atoms in total. The molecule has 2 aromatic rings. The van der Waals surface area contributed by atoms with E-state index in [0.29, 0.717) is 11.4 Å². The first-order chi connectivity index (χ1) is 8.79. The lowest BCUT2D eigenvalue weighted by atomic mass is 10.2. The van der Waals surface area contributed by atoms with Gasteiger partial charge in [0, 0.05) is 21.4 Å². The SMILES string of the molecule is CC(C)n1cc(C(F)(F)F)nc1-c1ccc(I)cc1. The summed E-state index contributed by atoms with van der Waals surface area (Å²) in [5.74, 6) is 0.346. The Morgan fingerprint density at radius 3 is 2.21 bits per heavy atom. The first-order valence-electron chi connectivity index (χ1n) is 5.71. The second-order valence-corrected chi connectivity index (χ2v) is 5.70. The van der Waals surface area contributed by atoms with Gasteiger partial charge in [-0.1, -0.05) is 12.1 Å². The number of benzene rings is 1. The van der Waals surface area contributed by atoms with Crippen molar-refractivity contribution >= 4 is 22.6 Å². The molecular weight excluding hydrogens is 368 g/mol. The van der Waals surface area contributed by atoms with Crippen LogP contribution in [-0.4, -0.2) is 9.55 Å². The van der Waals surface area contributed by atoms with Crippen LogP contribution in [0.3, 0.4) is 0 Å². The van der Waals surface area contributed by atoms with E-state index in [1.807, 2.05) is 26.0 Å². The molecule has 0 unspecified atom stereocenters. The summed E-state index contributed by atoms with van der Waals surface area (Å²) in [7, 11) is 0. The molecule has 0 bridgehead atoms. The predicted octanol–water partition coefficient (Wildman–Crippen LogP) is 4.75. The van der Waals surface area contributed by atoms with Crippen LogP contribution in [0, 0.1) is 3.57 Å². The van der Waals surface area contributed by atoms with E-state index in [4.69, 9.17) is 0 Å². The topological polar surface area (TPSA) is 17.8 Å². The average Bonchev–Trinajstić information content (AvgIpc) is 2.74. The average molecular weight is 380 g/mol. The van der Waals surface area contributed by atoms with Gasteiger partial charge in [-0.25, -0.2) is 4.98 Å². The number of halogens is 4. The fraction of sp³-hybridized carbons (Fsp3) is 0.308. The number of imidazole rings is 1. The number of aromatic nitrogens is 2. The van der Waals surface area contributed by atoms with Crippen molar-refractivity contribution in [1.82, 2.24) is 9.55 Å². The van der Waals surface area contributed by atoms with Crippen molar-refractivity contribution in [2.45, 2.75) is 26.1 Å². The van der Waals surface area contributed by atoms with E-state index in [1.54, 1.807) is 16.7 Å². The van der Waals surface area contributed by atoms with Crippen LogP contribution in [0.15, 0.2) is 30.5 Å². The molecule has 0 aliphatic carbocycles. The minimum atomic E-state index is -4.42. The summed E-state index contributed by atoms with van der Waals surface area (Å²) in [6, 6.07) is 7.18. The van der Waals surface area contributed by atoms with E-state index < -0.39 is 11.9 Å². The van der Waals surface area contributed by atoms with Crippen LogP contribution < -0.4 is 0 Å². The largest absolute Gasteiger partial charge is 0.434 e. The third kappa shape index (κ3) is 3.10. The van der Waals surface area contributed by atoms with Crippen LogP contribution in [0.25, 0.3) is 11.4 Å². The summed E-state index contributed by atoms with van der Waals surface area (Å²) < 4.78 is 40.8. The summed E-state index contributed by atoms with van der Waals surface area (Å²) in [4.78, 5) is 3.74. The van der Waals surface area contributed by atoms with Crippen molar-refractivity contribution in [3.8, 4) is 11.4 Å². The highest BCUT2D eigenvalue weighted by molar-refractivity contribution is 14.1. The van der Waals surface area contributed by atoms with Crippen LogP contribution >= 0.6 is 22.6 Å². The van der Waals surface area contributed by atoms with E-state index in [2.05, 4.69) is 27.6 Å². The molecule has 0 radical (unpaired) electrons. The molecule has 0 saturated heterocycles. The molecule has 1 aromatic carbocycles. The Kier molecular flexibility index (Phi) is 3.89. The molecule has 0 saturated carbocycles. The Labute approximate surface area is 122 Å². The Morgan fingerprint density at radius 2 is 1.74 bits per heavy atom. The van der Waals surface area contributed by atoms with Gasteiger partial charge in [0.1, 0.15) is 5.82 Å². The Morgan fingerprint density at radius 1 is 1.16 bits per heavy atom. The van der Waals surface area contributed by atoms with Gasteiger partial charge in [0.25, 0.3) is 0 Å². The van der Waals surface area contributed by atoms with Crippen molar-refractivity contribution in [3.05, 3.63) is 39.7 Å². The lowest BCUT2D eigenvalue weighted by Gasteiger charge is -2.11. The zero-order chi connectivity index (χ0) is 14.2. The fourth-order valence-corrected chi connectivity index (χ4v) is 2.10. The molecule has 0 aliphatic heterocycles. The standard InChI is InChI=1S/C13H12F3IN2/c1-8(2)19-7-11(13(14,15)16)18-12(19)9-3-5-10(17)6-4-9/h3-8H,1-2H3. The Balaban J connectivity index is 2.55. The summed E-state index contributed by atoms with van der Waals surface area (Å²) in [5, 5.41) is 0. The third-order valence-corrected chi connectivity index (χ3v) is 3.40. The van der Waals surface area contributed by atoms with E-state index in [0.717, 1.165) is 9.77 Å². The molecule has 102 valence electrons. The van der Waals surface area contributed by atoms with Crippen molar-refractivity contribution in [2.75, 3.05) is 0 Å². The molecule has 0 spiro atoms. The van der Waals surface area contributed by atoms with Gasteiger partial charge in [0.05, 0.1) is 0 Å². The number of hydrogen-bond donors (Lipinski definition) is 0. The van der Waals surface area contributed by atoms with Crippen molar-refractivity contribution < 1.29 is 13.2 Å². The first kappa shape index (κ1) is 14.4. The Hall–Kier alpha value is -1.05. The first-order valence-corrected chi connectivity index (χ1v) is 6.79. The minimum absolute atomic E-state index is 0.0853. The highest BCUT2D eigenvalue weighted by Gasteiger charge is 2.35. The van der Waals surface area contributed by atoms with E-state index >= 15 is 0 Å². The normalized spacial score (nSPS) is 12.2. The van der Waals surface area contributed by atoms with Crippen LogP contribution in [0.5, 0.6) is 0 Å². The molecule has 1 heterocycles. The molecule has 0 aliphatic rings. The summed E-state index contributed by atoms with van der Waals surface area (Å²) in [6.07, 6.45) is -3.35. The van der Waals surface area contributed by atoms with E-state index in [-0.39, 0.29) is 6.04 Å². The van der Waals surface area contributed by atoms with Crippen molar-refractivity contribution in [1.29, 1.82) is 0 Å². The van der Waals surface area contributed by atoms with Gasteiger partial charge in [-0.3, -0.25) is 0 Å². The van der Waals surface area contributed by atoms with Gasteiger partial charge in [-0.05, 0) is 48.6 Å². The Bertz CT molecular complexity index is 571. The van der Waals surface area contributed by atoms with Gasteiger partial charge in [-0.15, -0.1) is 0 Å². The minimum Gasteiger partial charge on any atom is -0.328 e. The van der Waals surface area contributed by atoms with Crippen molar-refractivity contribution in [3.63, 3.8) is 0 Å². The fourth-order valence-electron chi connectivity index (χ4n) is 1.74. The highest BCUT2D eigenvalue weighted by Crippen LogP contribution is 2.32. The van der Waals surface area contributed by atoms with Crippen LogP contribution in [-0.2, 0) is 6.18 Å². The third-order valence-electron chi connectivity index (χ3n) is 2.68. The molecule has 6 heteroatoms. The number of alkyl halides is 3. The zero-order valence-electron chi connectivity index (χ0n) is 10.4. The maximum Gasteiger partial charge on any atom is 0.434 e. The molecule has 1 aromatic heterocycles. The van der Waals surface area contributed by atoms with Crippen LogP contribution in [0.4, 0.5) is 13.2 Å². The number of rotatable bonds is 2. The second-order valence-electron chi connectivity index (χ2n) is 4.46. The van der Waals surface area contributed by atoms with Gasteiger partial charge in [-0.2, -0.15) is 13.2 Å². The van der Waals surface area contributed by atoms with Crippen molar-refractivity contribution in [2.24, 2.45) is 0 Å². The van der Waals surface area contributed by atoms with Gasteiger partial charge in [0.15, 0.2) is 5.69 Å². The highest BCUT2D eigenvalue weighted by atomic mass is 127. The van der Waals surface area contributed by atoms with Gasteiger partial charge < -0.3 is 4.57 Å². The summed E-state index contributed by atoms with van der Waals surface area (Å²) >= 11 is 2.15. The molecule has 0 fully saturated rings. The number of hydrogen-bond acceptors (Lipinski definition) is 1. The van der Waals surface area contributed by atoms with E-state index in [9.17, 15) is 13.2 Å². The van der Waals surface area contributed by atoms with Gasteiger partial charge in [0.2, 0.25) is 0 Å². The van der Waals surface area contributed by atoms with Gasteiger partial charge >= 0.3 is 6.18 Å². The zero-order valence-corrected chi connectivity index (χ0v) is 12.5. The molecule has 0 amide bonds. The molecule has 0 atom stereocenters. The predicted molar refractivity (Wildman–Crippen MR) is 75.8 cm³/mol. The maximum atomic E-state index is 12.7. The lowest BCUT2D eigenvalue weighted by molar-refractivity contribution is -0.140. The molecular formula is C13H12F3IN2. The maximum absolute atomic E-state index is 12.7. The summed E-state index contributed by atoms with van der Waals surface area (Å²) in [6.45, 7) is 3.66. The van der Waals surface area contributed by atoms with E-state index in [1.165, 1.54) is 0 Å². The van der Waals surface area contributed by atoms with Crippen LogP contribution in [0.2, 0.25) is 0 Å². The second kappa shape index (κ2) is 5.15. The molecule has 2 rings (SSSR count). The monoisotopic (exact) mass is 380 g/mol. The number of nitrogens with zero attached hydrogens (tertiary/aromatic N) is 2. The smallest absolute Gasteiger partial charge is 0.328 e. The molecule has 19 heavy (non-hydrogen) atoms. The molecule has 0 N–H and O–H groups in total. The lowest BCUT2D eigenvalue weighted by Crippen LogP contribution is -2.05. The quantitative estimate of drug-likeness (QED) is 0.688. The van der Waals surface area contributed by atoms with Crippen LogP contribution in [0.1, 0.15) is 25.6 Å². The summed E-state index contributed by atoms with van der Waals surface area (Å²) in [5.41, 5.74) is -0.167.